The third-order valence-electron chi connectivity index (χ3n) is 0. The van der Waals surface area contributed by atoms with Crippen LogP contribution in [0.1, 0.15) is 41.5 Å². The van der Waals surface area contributed by atoms with Crippen molar-refractivity contribution in [1.29, 1.82) is 0 Å². The molecule has 0 aromatic rings. The summed E-state index contributed by atoms with van der Waals surface area (Å²) < 4.78 is 111. The van der Waals surface area contributed by atoms with Gasteiger partial charge in [0.05, 0.1) is 0 Å². The Bertz CT molecular complexity index is 969. The van der Waals surface area contributed by atoms with Gasteiger partial charge in [-0.25, -0.2) is 140 Å². The second-order valence-corrected chi connectivity index (χ2v) is 13.5. The third kappa shape index (κ3) is 165000. The van der Waals surface area contributed by atoms with Gasteiger partial charge in [-0.3, -0.25) is 0 Å². The molecule has 36 heteroatoms. The molecular weight excluding hydrogens is 1230 g/mol. The Kier molecular flexibility index (Phi) is 137. The van der Waals surface area contributed by atoms with Crippen LogP contribution in [0.5, 0.6) is 0 Å². The molecule has 0 spiro atoms. The predicted octanol–water partition coefficient (Wildman–Crippen LogP) is 1.07. The van der Waals surface area contributed by atoms with Crippen molar-refractivity contribution in [2.24, 2.45) is 0 Å². The van der Waals surface area contributed by atoms with Crippen LogP contribution in [-0.4, -0.2) is 0 Å². The molecule has 18 nitrogen and oxygen atoms in total. The quantitative estimate of drug-likeness (QED) is 0.142. The Morgan fingerprint density at radius 3 is 0.283 bits per heavy atom. The van der Waals surface area contributed by atoms with Crippen LogP contribution in [0.25, 0.3) is 0 Å². The molecule has 0 amide bonds. The molecule has 0 N–H and O–H groups in total. The molecule has 0 heterocycles. The number of hydrogen-bond acceptors (Lipinski definition) is 18. The summed E-state index contributed by atoms with van der Waals surface area (Å²) in [6, 6.07) is 0. The van der Waals surface area contributed by atoms with Crippen LogP contribution >= 0.6 is 47.4 Å². The van der Waals surface area contributed by atoms with Crippen LogP contribution in [0.15, 0.2) is 72.9 Å². The third-order valence-corrected chi connectivity index (χ3v) is 0. The van der Waals surface area contributed by atoms with E-state index < -0.39 is 47.4 Å². The standard InChI is InChI=1S/6C4H7.6FH2O3P.6Ni/c6*1-4(2)3;6*1-5(2,3)4;;;;;;/h6*1-2H2,3H3;6*(H2,2,3,4);;;;;;/q6*-1;;;;;;;6*+3/p-12. The maximum atomic E-state index is 10.1. The Balaban J connectivity index is -0.0000000199. The second kappa shape index (κ2) is 69.1. The molecule has 0 aliphatic rings. The molecule has 0 aromatic carbocycles. The SMILES string of the molecule is C=C([CH2-])C.C=C([CH2-])C.C=C([CH2-])C.C=C([CH2-])C.C=C([CH2-])C.C=C([CH2-])C.O=P([O-])([O-])F.O=P([O-])([O-])F.O=P([O-])([O-])F.O=P([O-])([O-])F.O=P([O-])([O-])F.O=P([O-])([O-])F.[Ni+3].[Ni+3].[Ni+3].[Ni+3].[Ni+3].[Ni+3]. The van der Waals surface area contributed by atoms with E-state index in [1.165, 1.54) is 0 Å². The minimum atomic E-state index is -5.64. The summed E-state index contributed by atoms with van der Waals surface area (Å²) in [5, 5.41) is 0. The monoisotopic (exact) mass is 1270 g/mol. The van der Waals surface area contributed by atoms with Crippen LogP contribution < -0.4 is 58.7 Å². The molecular formula is C24H42F6Ni6O18P6. The number of hydrogen-bond donors (Lipinski definition) is 0. The van der Waals surface area contributed by atoms with Gasteiger partial charge in [0.25, 0.3) is 0 Å². The fourth-order valence-electron chi connectivity index (χ4n) is 0. The van der Waals surface area contributed by atoms with Crippen molar-refractivity contribution >= 4 is 47.4 Å². The molecule has 0 saturated heterocycles. The van der Waals surface area contributed by atoms with Crippen LogP contribution in [0.4, 0.5) is 25.2 Å². The molecule has 0 bridgehead atoms. The first-order valence-electron chi connectivity index (χ1n) is 11.5. The normalized spacial score (nSPS) is 8.40. The fraction of sp³-hybridized carbons (Fsp3) is 0.250. The Morgan fingerprint density at radius 2 is 0.283 bits per heavy atom. The molecule has 0 atom stereocenters. The summed E-state index contributed by atoms with van der Waals surface area (Å²) in [4.78, 5) is 101. The molecule has 0 fully saturated rings. The van der Waals surface area contributed by atoms with E-state index in [9.17, 15) is 25.2 Å². The van der Waals surface area contributed by atoms with Gasteiger partial charge in [-0.2, -0.15) is 0 Å². The maximum absolute atomic E-state index is 10.1. The van der Waals surface area contributed by atoms with Gasteiger partial charge >= 0.3 is 98.9 Å². The van der Waals surface area contributed by atoms with E-state index in [0.717, 1.165) is 33.4 Å². The van der Waals surface area contributed by atoms with Crippen LogP contribution in [-0.2, 0) is 126 Å². The van der Waals surface area contributed by atoms with E-state index in [1.807, 2.05) is 41.5 Å². The first-order valence-corrected chi connectivity index (χ1v) is 20.1. The minimum absolute atomic E-state index is 0. The first kappa shape index (κ1) is 119. The Hall–Kier alpha value is 1.10. The van der Waals surface area contributed by atoms with Gasteiger partial charge in [0, 0.05) is 0 Å². The molecule has 0 saturated carbocycles. The first-order chi connectivity index (χ1) is 22.4. The summed E-state index contributed by atoms with van der Waals surface area (Å²) in [6.07, 6.45) is 0. The van der Waals surface area contributed by atoms with Crippen LogP contribution in [0.2, 0.25) is 0 Å². The number of allylic oxidation sites excluding steroid dienone is 6. The maximum Gasteiger partial charge on any atom is 3.00 e. The minimum Gasteiger partial charge on any atom is -0.786 e. The Labute approximate surface area is 410 Å². The molecule has 6 radical (unpaired) electrons. The zero-order valence-corrected chi connectivity index (χ0v) is 43.0. The molecule has 0 aromatic heterocycles. The average molecular weight is 1270 g/mol. The smallest absolute Gasteiger partial charge is 0.786 e. The fourth-order valence-corrected chi connectivity index (χ4v) is 0. The topological polar surface area (TPSA) is 379 Å². The van der Waals surface area contributed by atoms with Gasteiger partial charge in [-0.15, -0.1) is 0 Å². The van der Waals surface area contributed by atoms with Gasteiger partial charge in [0.1, 0.15) is 47.4 Å². The van der Waals surface area contributed by atoms with Crippen molar-refractivity contribution < 1.29 is 210 Å². The molecule has 0 aliphatic heterocycles. The van der Waals surface area contributed by atoms with Crippen molar-refractivity contribution in [3.8, 4) is 0 Å². The van der Waals surface area contributed by atoms with Crippen molar-refractivity contribution in [3.05, 3.63) is 114 Å². The number of rotatable bonds is 0. The molecule has 0 unspecified atom stereocenters. The van der Waals surface area contributed by atoms with E-state index in [4.69, 9.17) is 86.1 Å². The zero-order chi connectivity index (χ0) is 48.5. The van der Waals surface area contributed by atoms with Crippen molar-refractivity contribution in [1.82, 2.24) is 0 Å². The van der Waals surface area contributed by atoms with E-state index in [2.05, 4.69) is 81.0 Å². The van der Waals surface area contributed by atoms with Gasteiger partial charge in [0.15, 0.2) is 0 Å². The molecule has 60 heavy (non-hydrogen) atoms. The van der Waals surface area contributed by atoms with Gasteiger partial charge < -0.3 is 86.1 Å². The van der Waals surface area contributed by atoms with E-state index in [0.29, 0.717) is 0 Å². The summed E-state index contributed by atoms with van der Waals surface area (Å²) >= 11 is 0. The molecule has 0 rings (SSSR count). The molecule has 378 valence electrons. The van der Waals surface area contributed by atoms with E-state index >= 15 is 0 Å². The van der Waals surface area contributed by atoms with Gasteiger partial charge in [-0.1, -0.05) is 41.5 Å². The second-order valence-electron chi connectivity index (χ2n) is 8.33. The van der Waals surface area contributed by atoms with E-state index in [1.54, 1.807) is 0 Å². The van der Waals surface area contributed by atoms with Crippen LogP contribution in [0.3, 0.4) is 0 Å². The summed E-state index contributed by atoms with van der Waals surface area (Å²) in [5.74, 6) is 0. The van der Waals surface area contributed by atoms with Crippen molar-refractivity contribution in [3.63, 3.8) is 0 Å². The zero-order valence-electron chi connectivity index (χ0n) is 31.7. The number of halogens is 6. The van der Waals surface area contributed by atoms with Crippen molar-refractivity contribution in [2.45, 2.75) is 41.5 Å². The van der Waals surface area contributed by atoms with E-state index in [-0.39, 0.29) is 98.9 Å². The van der Waals surface area contributed by atoms with Crippen LogP contribution in [0, 0.1) is 41.5 Å². The van der Waals surface area contributed by atoms with Gasteiger partial charge in [0.2, 0.25) is 0 Å². The largest absolute Gasteiger partial charge is 3.00 e. The molecule has 0 aliphatic carbocycles. The summed E-state index contributed by atoms with van der Waals surface area (Å²) in [5.41, 5.74) is 5.50. The van der Waals surface area contributed by atoms with Gasteiger partial charge in [-0.05, 0) is 0 Å². The predicted molar refractivity (Wildman–Crippen MR) is 173 cm³/mol. The Morgan fingerprint density at radius 1 is 0.283 bits per heavy atom. The summed E-state index contributed by atoms with van der Waals surface area (Å²) in [7, 11) is -33.8. The average Bonchev–Trinajstić information content (AvgIpc) is 2.55. The summed E-state index contributed by atoms with van der Waals surface area (Å²) in [6.45, 7) is 52.5. The van der Waals surface area contributed by atoms with Crippen molar-refractivity contribution in [2.75, 3.05) is 0 Å².